The van der Waals surface area contributed by atoms with Crippen molar-refractivity contribution in [3.63, 3.8) is 0 Å². The number of rotatable bonds is 6. The Labute approximate surface area is 147 Å². The van der Waals surface area contributed by atoms with Crippen LogP contribution < -0.4 is 5.32 Å². The lowest BCUT2D eigenvalue weighted by molar-refractivity contribution is 0.0953. The SMILES string of the molecule is C[C@@H](CCNC(=O)c1cnn(-c2ccc(Cl)cc2Cl)c1)[S@@](C)=O. The fourth-order valence-corrected chi connectivity index (χ4v) is 2.84. The van der Waals surface area contributed by atoms with Crippen LogP contribution in [0.25, 0.3) is 5.69 Å². The Hall–Kier alpha value is -1.37. The van der Waals surface area contributed by atoms with E-state index < -0.39 is 10.8 Å². The van der Waals surface area contributed by atoms with Crippen LogP contribution in [0.15, 0.2) is 30.6 Å². The molecular formula is C15H17Cl2N3O2S. The third-order valence-corrected chi connectivity index (χ3v) is 5.31. The molecule has 5 nitrogen and oxygen atoms in total. The zero-order valence-electron chi connectivity index (χ0n) is 12.8. The van der Waals surface area contributed by atoms with Crippen LogP contribution in [-0.2, 0) is 10.8 Å². The second kappa shape index (κ2) is 7.95. The van der Waals surface area contributed by atoms with Gasteiger partial charge < -0.3 is 5.32 Å². The molecule has 1 aromatic carbocycles. The summed E-state index contributed by atoms with van der Waals surface area (Å²) in [6.45, 7) is 2.36. The largest absolute Gasteiger partial charge is 0.352 e. The summed E-state index contributed by atoms with van der Waals surface area (Å²) in [5.74, 6) is -0.226. The van der Waals surface area contributed by atoms with Gasteiger partial charge in [-0.05, 0) is 24.6 Å². The van der Waals surface area contributed by atoms with Crippen LogP contribution in [-0.4, -0.2) is 37.9 Å². The standard InChI is InChI=1S/C15H17Cl2N3O2S/c1-10(23(2)22)5-6-18-15(21)11-8-19-20(9-11)14-4-3-12(16)7-13(14)17/h3-4,7-10H,5-6H2,1-2H3,(H,18,21)/t10-,23+/m0/s1. The van der Waals surface area contributed by atoms with Crippen molar-refractivity contribution in [2.45, 2.75) is 18.6 Å². The lowest BCUT2D eigenvalue weighted by Crippen LogP contribution is -2.27. The number of halogens is 2. The van der Waals surface area contributed by atoms with Gasteiger partial charge in [-0.15, -0.1) is 0 Å². The van der Waals surface area contributed by atoms with Crippen molar-refractivity contribution < 1.29 is 9.00 Å². The van der Waals surface area contributed by atoms with Gasteiger partial charge in [0, 0.05) is 40.1 Å². The fraction of sp³-hybridized carbons (Fsp3) is 0.333. The molecule has 0 aliphatic heterocycles. The van der Waals surface area contributed by atoms with E-state index in [4.69, 9.17) is 23.2 Å². The Bertz CT molecular complexity index is 733. The van der Waals surface area contributed by atoms with Crippen molar-refractivity contribution in [3.8, 4) is 5.69 Å². The molecule has 2 atom stereocenters. The number of hydrogen-bond donors (Lipinski definition) is 1. The molecule has 0 bridgehead atoms. The molecule has 0 saturated carbocycles. The molecule has 0 unspecified atom stereocenters. The topological polar surface area (TPSA) is 64.0 Å². The highest BCUT2D eigenvalue weighted by molar-refractivity contribution is 7.84. The van der Waals surface area contributed by atoms with Crippen molar-refractivity contribution >= 4 is 39.9 Å². The van der Waals surface area contributed by atoms with E-state index in [1.807, 2.05) is 6.92 Å². The molecule has 2 rings (SSSR count). The van der Waals surface area contributed by atoms with Crippen LogP contribution in [0, 0.1) is 0 Å². The first-order valence-corrected chi connectivity index (χ1v) is 9.36. The van der Waals surface area contributed by atoms with Crippen molar-refractivity contribution in [1.82, 2.24) is 15.1 Å². The highest BCUT2D eigenvalue weighted by Crippen LogP contribution is 2.24. The molecule has 0 saturated heterocycles. The normalized spacial score (nSPS) is 13.6. The number of hydrogen-bond acceptors (Lipinski definition) is 3. The first-order valence-electron chi connectivity index (χ1n) is 6.99. The number of benzene rings is 1. The number of aromatic nitrogens is 2. The monoisotopic (exact) mass is 373 g/mol. The molecule has 2 aromatic rings. The van der Waals surface area contributed by atoms with Crippen LogP contribution >= 0.6 is 23.2 Å². The smallest absolute Gasteiger partial charge is 0.254 e. The molecule has 0 radical (unpaired) electrons. The Balaban J connectivity index is 2.01. The van der Waals surface area contributed by atoms with Crippen molar-refractivity contribution in [1.29, 1.82) is 0 Å². The third kappa shape index (κ3) is 4.80. The van der Waals surface area contributed by atoms with Gasteiger partial charge in [0.1, 0.15) is 0 Å². The first kappa shape index (κ1) is 18.0. The van der Waals surface area contributed by atoms with E-state index in [9.17, 15) is 9.00 Å². The molecule has 0 aliphatic carbocycles. The van der Waals surface area contributed by atoms with Gasteiger partial charge in [-0.25, -0.2) is 4.68 Å². The summed E-state index contributed by atoms with van der Waals surface area (Å²) in [4.78, 5) is 12.1. The molecule has 0 fully saturated rings. The van der Waals surface area contributed by atoms with Gasteiger partial charge >= 0.3 is 0 Å². The lowest BCUT2D eigenvalue weighted by Gasteiger charge is -2.08. The summed E-state index contributed by atoms with van der Waals surface area (Å²) in [5.41, 5.74) is 1.08. The molecule has 124 valence electrons. The van der Waals surface area contributed by atoms with Crippen molar-refractivity contribution in [2.75, 3.05) is 12.8 Å². The minimum atomic E-state index is -0.888. The Morgan fingerprint density at radius 1 is 1.43 bits per heavy atom. The fourth-order valence-electron chi connectivity index (χ4n) is 1.90. The van der Waals surface area contributed by atoms with Crippen LogP contribution in [0.4, 0.5) is 0 Å². The van der Waals surface area contributed by atoms with Crippen molar-refractivity contribution in [3.05, 3.63) is 46.2 Å². The molecule has 23 heavy (non-hydrogen) atoms. The van der Waals surface area contributed by atoms with Crippen LogP contribution in [0.1, 0.15) is 23.7 Å². The quantitative estimate of drug-likeness (QED) is 0.845. The first-order chi connectivity index (χ1) is 10.9. The van der Waals surface area contributed by atoms with Crippen LogP contribution in [0.5, 0.6) is 0 Å². The Kier molecular flexibility index (Phi) is 6.21. The number of carbonyl (C=O) groups is 1. The van der Waals surface area contributed by atoms with E-state index in [0.29, 0.717) is 34.3 Å². The summed E-state index contributed by atoms with van der Waals surface area (Å²) in [7, 11) is -0.888. The summed E-state index contributed by atoms with van der Waals surface area (Å²) in [6.07, 6.45) is 5.39. The predicted molar refractivity (Wildman–Crippen MR) is 94.1 cm³/mol. The maximum Gasteiger partial charge on any atom is 0.254 e. The minimum Gasteiger partial charge on any atom is -0.352 e. The molecule has 1 aromatic heterocycles. The summed E-state index contributed by atoms with van der Waals surface area (Å²) in [5, 5.41) is 7.97. The highest BCUT2D eigenvalue weighted by atomic mass is 35.5. The summed E-state index contributed by atoms with van der Waals surface area (Å²) in [6, 6.07) is 5.06. The zero-order valence-corrected chi connectivity index (χ0v) is 15.1. The minimum absolute atomic E-state index is 0.0471. The summed E-state index contributed by atoms with van der Waals surface area (Å²) < 4.78 is 12.8. The van der Waals surface area contributed by atoms with Gasteiger partial charge in [0.05, 0.1) is 22.5 Å². The van der Waals surface area contributed by atoms with Gasteiger partial charge in [-0.1, -0.05) is 30.1 Å². The number of nitrogens with one attached hydrogen (secondary N) is 1. The summed E-state index contributed by atoms with van der Waals surface area (Å²) >= 11 is 12.0. The van der Waals surface area contributed by atoms with Gasteiger partial charge in [0.15, 0.2) is 0 Å². The van der Waals surface area contributed by atoms with Gasteiger partial charge in [0.2, 0.25) is 0 Å². The predicted octanol–water partition coefficient (Wildman–Crippen LogP) is 3.07. The van der Waals surface area contributed by atoms with Gasteiger partial charge in [-0.2, -0.15) is 5.10 Å². The van der Waals surface area contributed by atoms with Crippen LogP contribution in [0.2, 0.25) is 10.0 Å². The average Bonchev–Trinajstić information content (AvgIpc) is 2.96. The van der Waals surface area contributed by atoms with E-state index in [2.05, 4.69) is 10.4 Å². The number of carbonyl (C=O) groups excluding carboxylic acids is 1. The maximum atomic E-state index is 12.1. The molecule has 1 amide bonds. The van der Waals surface area contributed by atoms with E-state index in [1.54, 1.807) is 30.7 Å². The number of amides is 1. The zero-order chi connectivity index (χ0) is 17.0. The lowest BCUT2D eigenvalue weighted by atomic mass is 10.3. The third-order valence-electron chi connectivity index (χ3n) is 3.40. The molecule has 8 heteroatoms. The molecule has 1 heterocycles. The Morgan fingerprint density at radius 3 is 2.83 bits per heavy atom. The van der Waals surface area contributed by atoms with Crippen molar-refractivity contribution in [2.24, 2.45) is 0 Å². The molecule has 0 spiro atoms. The van der Waals surface area contributed by atoms with Gasteiger partial charge in [-0.3, -0.25) is 9.00 Å². The Morgan fingerprint density at radius 2 is 2.17 bits per heavy atom. The molecule has 1 N–H and O–H groups in total. The second-order valence-corrected chi connectivity index (χ2v) is 7.77. The van der Waals surface area contributed by atoms with Gasteiger partial charge in [0.25, 0.3) is 5.91 Å². The van der Waals surface area contributed by atoms with E-state index in [1.165, 1.54) is 10.9 Å². The average molecular weight is 374 g/mol. The molecular weight excluding hydrogens is 357 g/mol. The van der Waals surface area contributed by atoms with E-state index in [0.717, 1.165) is 0 Å². The molecule has 0 aliphatic rings. The second-order valence-electron chi connectivity index (χ2n) is 5.12. The van der Waals surface area contributed by atoms with E-state index >= 15 is 0 Å². The van der Waals surface area contributed by atoms with E-state index in [-0.39, 0.29) is 11.2 Å². The maximum absolute atomic E-state index is 12.1. The number of nitrogens with zero attached hydrogens (tertiary/aromatic N) is 2. The highest BCUT2D eigenvalue weighted by Gasteiger charge is 2.12. The van der Waals surface area contributed by atoms with Crippen LogP contribution in [0.3, 0.4) is 0 Å².